The SMILES string of the molecule is CC(C)(O)C#Cc1ccc(-c2cnc3[nH]ccc3c2)c([C@H](Cc2cc(F)cc(F)c2)NC(=O)Cn2nc(C(F)(F)F)c3c2C(F)(F)[C@@H]2CC[C@H]32)n1. The summed E-state index contributed by atoms with van der Waals surface area (Å²) in [6, 6.07) is 8.25. The maximum Gasteiger partial charge on any atom is 0.435 e. The molecule has 0 radical (unpaired) electrons. The van der Waals surface area contributed by atoms with Crippen LogP contribution in [0, 0.1) is 29.4 Å². The lowest BCUT2D eigenvalue weighted by atomic mass is 9.73. The van der Waals surface area contributed by atoms with E-state index < -0.39 is 76.6 Å². The molecular weight excluding hydrogens is 681 g/mol. The maximum absolute atomic E-state index is 15.5. The molecule has 15 heteroatoms. The van der Waals surface area contributed by atoms with E-state index in [9.17, 15) is 31.9 Å². The summed E-state index contributed by atoms with van der Waals surface area (Å²) in [6.07, 6.45) is -1.92. The van der Waals surface area contributed by atoms with Crippen LogP contribution in [0.25, 0.3) is 22.2 Å². The Kier molecular flexibility index (Phi) is 8.20. The molecule has 5 aromatic rings. The summed E-state index contributed by atoms with van der Waals surface area (Å²) >= 11 is 0. The molecule has 1 aromatic carbocycles. The lowest BCUT2D eigenvalue weighted by Crippen LogP contribution is -2.36. The minimum absolute atomic E-state index is 0.0344. The van der Waals surface area contributed by atoms with E-state index in [0.29, 0.717) is 27.5 Å². The predicted molar refractivity (Wildman–Crippen MR) is 170 cm³/mol. The van der Waals surface area contributed by atoms with Crippen LogP contribution >= 0.6 is 0 Å². The van der Waals surface area contributed by atoms with Gasteiger partial charge in [0.05, 0.1) is 11.7 Å². The Hall–Kier alpha value is -5.23. The number of nitrogens with zero attached hydrogens (tertiary/aromatic N) is 4. The highest BCUT2D eigenvalue weighted by molar-refractivity contribution is 5.82. The van der Waals surface area contributed by atoms with Crippen molar-refractivity contribution < 1.29 is 40.6 Å². The van der Waals surface area contributed by atoms with Crippen LogP contribution < -0.4 is 5.32 Å². The number of fused-ring (bicyclic) bond motifs is 4. The number of aromatic nitrogens is 5. The van der Waals surface area contributed by atoms with Crippen molar-refractivity contribution in [3.05, 3.63) is 100 Å². The highest BCUT2D eigenvalue weighted by atomic mass is 19.4. The normalized spacial score (nSPS) is 18.4. The fourth-order valence-electron chi connectivity index (χ4n) is 6.87. The number of hydrogen-bond donors (Lipinski definition) is 3. The molecule has 0 spiro atoms. The van der Waals surface area contributed by atoms with Crippen molar-refractivity contribution in [1.29, 1.82) is 0 Å². The van der Waals surface area contributed by atoms with Gasteiger partial charge in [-0.3, -0.25) is 9.48 Å². The molecule has 0 aliphatic heterocycles. The van der Waals surface area contributed by atoms with Gasteiger partial charge in [0.1, 0.15) is 40.8 Å². The summed E-state index contributed by atoms with van der Waals surface area (Å²) in [6.45, 7) is 1.91. The second-order valence-electron chi connectivity index (χ2n) is 13.4. The first-order chi connectivity index (χ1) is 24.0. The molecule has 4 heterocycles. The number of pyridine rings is 2. The first-order valence-corrected chi connectivity index (χ1v) is 16.0. The maximum atomic E-state index is 15.5. The largest absolute Gasteiger partial charge is 0.435 e. The average Bonchev–Trinajstić information content (AvgIpc) is 3.66. The van der Waals surface area contributed by atoms with E-state index in [1.807, 2.05) is 0 Å². The number of aromatic amines is 1. The third kappa shape index (κ3) is 6.56. The van der Waals surface area contributed by atoms with Crippen molar-refractivity contribution in [3.63, 3.8) is 0 Å². The van der Waals surface area contributed by atoms with E-state index >= 15 is 8.78 Å². The van der Waals surface area contributed by atoms with Gasteiger partial charge in [-0.25, -0.2) is 18.7 Å². The number of aliphatic hydroxyl groups is 1. The Labute approximate surface area is 286 Å². The molecule has 3 atom stereocenters. The van der Waals surface area contributed by atoms with Gasteiger partial charge in [-0.1, -0.05) is 5.92 Å². The number of hydrogen-bond acceptors (Lipinski definition) is 5. The van der Waals surface area contributed by atoms with Gasteiger partial charge in [0.25, 0.3) is 5.92 Å². The fraction of sp³-hybridized carbons (Fsp3) is 0.333. The number of carbonyl (C=O) groups is 1. The van der Waals surface area contributed by atoms with Crippen LogP contribution in [0.3, 0.4) is 0 Å². The number of nitrogens with one attached hydrogen (secondary N) is 2. The van der Waals surface area contributed by atoms with E-state index in [-0.39, 0.29) is 36.2 Å². The highest BCUT2D eigenvalue weighted by Gasteiger charge is 2.63. The molecule has 0 unspecified atom stereocenters. The zero-order valence-corrected chi connectivity index (χ0v) is 27.0. The van der Waals surface area contributed by atoms with Gasteiger partial charge in [-0.15, -0.1) is 0 Å². The molecule has 1 fully saturated rings. The molecule has 51 heavy (non-hydrogen) atoms. The summed E-state index contributed by atoms with van der Waals surface area (Å²) in [5.41, 5.74) is -2.52. The molecule has 0 saturated heterocycles. The molecule has 1 saturated carbocycles. The van der Waals surface area contributed by atoms with Gasteiger partial charge in [0.2, 0.25) is 5.91 Å². The van der Waals surface area contributed by atoms with E-state index in [1.165, 1.54) is 20.0 Å². The van der Waals surface area contributed by atoms with Crippen LogP contribution in [0.2, 0.25) is 0 Å². The number of carbonyl (C=O) groups excluding carboxylic acids is 1. The number of rotatable bonds is 7. The molecule has 8 nitrogen and oxygen atoms in total. The minimum atomic E-state index is -5.03. The Morgan fingerprint density at radius 2 is 1.86 bits per heavy atom. The van der Waals surface area contributed by atoms with Gasteiger partial charge < -0.3 is 15.4 Å². The molecule has 2 aliphatic carbocycles. The summed E-state index contributed by atoms with van der Waals surface area (Å²) in [4.78, 5) is 25.8. The molecule has 4 aromatic heterocycles. The lowest BCUT2D eigenvalue weighted by Gasteiger charge is -2.34. The molecule has 7 rings (SSSR count). The summed E-state index contributed by atoms with van der Waals surface area (Å²) in [5, 5.41) is 17.1. The predicted octanol–water partition coefficient (Wildman–Crippen LogP) is 6.94. The molecule has 2 aliphatic rings. The van der Waals surface area contributed by atoms with Gasteiger partial charge in [-0.05, 0) is 86.9 Å². The number of benzene rings is 1. The second-order valence-corrected chi connectivity index (χ2v) is 13.4. The highest BCUT2D eigenvalue weighted by Crippen LogP contribution is 2.64. The number of H-pyrrole nitrogens is 1. The number of amides is 1. The van der Waals surface area contributed by atoms with Gasteiger partial charge in [-0.2, -0.15) is 27.1 Å². The average molecular weight is 711 g/mol. The van der Waals surface area contributed by atoms with Crippen molar-refractivity contribution in [3.8, 4) is 23.0 Å². The smallest absolute Gasteiger partial charge is 0.378 e. The molecule has 3 N–H and O–H groups in total. The standard InChI is InChI=1S/C36H29F7N6O2/c1-34(2,51)9-7-23-3-4-24(20-14-19-8-10-44-33(19)45-16-20)30(46-23)27(13-18-11-21(37)15-22(38)12-18)47-28(50)17-49-32-29(31(48-49)36(41,42)43)25-5-6-26(25)35(32,39)40/h3-4,8,10-12,14-16,25-27,51H,5-6,13,17H2,1-2H3,(H,44,45)(H,47,50)/t25-,26+,27-/m0/s1. The molecule has 1 amide bonds. The van der Waals surface area contributed by atoms with Crippen molar-refractivity contribution in [1.82, 2.24) is 30.0 Å². The van der Waals surface area contributed by atoms with Crippen LogP contribution in [0.5, 0.6) is 0 Å². The van der Waals surface area contributed by atoms with E-state index in [1.54, 1.807) is 30.5 Å². The second kappa shape index (κ2) is 12.2. The zero-order chi connectivity index (χ0) is 36.5. The molecule has 0 bridgehead atoms. The van der Waals surface area contributed by atoms with Crippen LogP contribution in [0.15, 0.2) is 54.9 Å². The van der Waals surface area contributed by atoms with Gasteiger partial charge >= 0.3 is 6.18 Å². The van der Waals surface area contributed by atoms with Crippen LogP contribution in [-0.2, 0) is 29.9 Å². The lowest BCUT2D eigenvalue weighted by molar-refractivity contribution is -0.144. The van der Waals surface area contributed by atoms with Crippen molar-refractivity contribution in [2.45, 2.75) is 69.3 Å². The van der Waals surface area contributed by atoms with Crippen LogP contribution in [0.4, 0.5) is 30.7 Å². The summed E-state index contributed by atoms with van der Waals surface area (Å²) < 4.78 is 102. The number of halogens is 7. The third-order valence-electron chi connectivity index (χ3n) is 9.14. The molecular formula is C36H29F7N6O2. The Balaban J connectivity index is 1.32. The van der Waals surface area contributed by atoms with Gasteiger partial charge in [0, 0.05) is 46.5 Å². The van der Waals surface area contributed by atoms with Crippen LogP contribution in [0.1, 0.15) is 72.6 Å². The van der Waals surface area contributed by atoms with E-state index in [4.69, 9.17) is 0 Å². The van der Waals surface area contributed by atoms with Crippen molar-refractivity contribution in [2.24, 2.45) is 5.92 Å². The first-order valence-electron chi connectivity index (χ1n) is 16.0. The Bertz CT molecular complexity index is 2220. The first kappa shape index (κ1) is 34.2. The third-order valence-corrected chi connectivity index (χ3v) is 9.14. The van der Waals surface area contributed by atoms with Gasteiger partial charge in [0.15, 0.2) is 5.69 Å². The van der Waals surface area contributed by atoms with Crippen LogP contribution in [-0.4, -0.2) is 41.3 Å². The summed E-state index contributed by atoms with van der Waals surface area (Å²) in [7, 11) is 0. The topological polar surface area (TPSA) is 109 Å². The number of alkyl halides is 5. The quantitative estimate of drug-likeness (QED) is 0.125. The Morgan fingerprint density at radius 3 is 2.53 bits per heavy atom. The summed E-state index contributed by atoms with van der Waals surface area (Å²) in [5.74, 6) is -3.39. The monoisotopic (exact) mass is 710 g/mol. The van der Waals surface area contributed by atoms with Crippen molar-refractivity contribution >= 4 is 16.9 Å². The Morgan fingerprint density at radius 1 is 1.12 bits per heavy atom. The minimum Gasteiger partial charge on any atom is -0.378 e. The zero-order valence-electron chi connectivity index (χ0n) is 27.0. The van der Waals surface area contributed by atoms with E-state index in [2.05, 4.69) is 37.2 Å². The molecule has 264 valence electrons. The van der Waals surface area contributed by atoms with E-state index in [0.717, 1.165) is 17.5 Å². The fourth-order valence-corrected chi connectivity index (χ4v) is 6.87. The van der Waals surface area contributed by atoms with Crippen molar-refractivity contribution in [2.75, 3.05) is 0 Å².